The summed E-state index contributed by atoms with van der Waals surface area (Å²) >= 11 is 1.45. The van der Waals surface area contributed by atoms with Gasteiger partial charge in [-0.05, 0) is 24.3 Å². The topological polar surface area (TPSA) is 93.5 Å². The van der Waals surface area contributed by atoms with E-state index in [9.17, 15) is 8.42 Å². The molecule has 0 saturated carbocycles. The van der Waals surface area contributed by atoms with Gasteiger partial charge in [-0.2, -0.15) is 0 Å². The molecule has 2 heterocycles. The molecule has 29 heavy (non-hydrogen) atoms. The maximum Gasteiger partial charge on any atom is 0.191 e. The van der Waals surface area contributed by atoms with E-state index < -0.39 is 9.84 Å². The first kappa shape index (κ1) is 19.4. The van der Waals surface area contributed by atoms with Crippen molar-refractivity contribution in [3.05, 3.63) is 78.9 Å². The number of sulfone groups is 1. The molecule has 7 nitrogen and oxygen atoms in total. The summed E-state index contributed by atoms with van der Waals surface area (Å²) in [5.74, 6) is 1.56. The molecule has 0 radical (unpaired) electrons. The van der Waals surface area contributed by atoms with Gasteiger partial charge in [0, 0.05) is 6.54 Å². The fourth-order valence-electron chi connectivity index (χ4n) is 2.93. The van der Waals surface area contributed by atoms with Crippen molar-refractivity contribution in [2.45, 2.75) is 28.1 Å². The minimum atomic E-state index is -3.51. The average Bonchev–Trinajstić information content (AvgIpc) is 3.31. The number of rotatable bonds is 8. The van der Waals surface area contributed by atoms with Crippen LogP contribution in [-0.4, -0.2) is 33.2 Å². The number of aromatic amines is 1. The van der Waals surface area contributed by atoms with Crippen LogP contribution in [0, 0.1) is 0 Å². The zero-order valence-corrected chi connectivity index (χ0v) is 17.2. The van der Waals surface area contributed by atoms with Crippen molar-refractivity contribution >= 4 is 32.6 Å². The highest BCUT2D eigenvalue weighted by Crippen LogP contribution is 2.24. The Morgan fingerprint density at radius 2 is 1.83 bits per heavy atom. The second-order valence-electron chi connectivity index (χ2n) is 6.36. The number of benzene rings is 2. The molecule has 2 aromatic carbocycles. The Morgan fingerprint density at radius 1 is 1.07 bits per heavy atom. The van der Waals surface area contributed by atoms with Crippen molar-refractivity contribution in [3.63, 3.8) is 0 Å². The van der Waals surface area contributed by atoms with Crippen molar-refractivity contribution < 1.29 is 8.42 Å². The molecule has 0 amide bonds. The first-order chi connectivity index (χ1) is 14.1. The predicted octanol–water partition coefficient (Wildman–Crippen LogP) is 3.61. The van der Waals surface area contributed by atoms with Crippen LogP contribution in [0.25, 0.3) is 11.0 Å². The Hall–Kier alpha value is -2.91. The molecule has 0 unspecified atom stereocenters. The normalized spacial score (nSPS) is 11.7. The third-order valence-corrected chi connectivity index (χ3v) is 6.91. The Bertz CT molecular complexity index is 1210. The van der Waals surface area contributed by atoms with Gasteiger partial charge < -0.3 is 9.55 Å². The van der Waals surface area contributed by atoms with Crippen molar-refractivity contribution in [1.29, 1.82) is 0 Å². The zero-order valence-electron chi connectivity index (χ0n) is 15.5. The van der Waals surface area contributed by atoms with Crippen molar-refractivity contribution in [2.24, 2.45) is 0 Å². The zero-order chi connectivity index (χ0) is 20.3. The number of para-hydroxylation sites is 2. The fraction of sp³-hybridized carbons (Fsp3) is 0.150. The molecule has 0 spiro atoms. The minimum Gasteiger partial charge on any atom is -0.341 e. The Labute approximate surface area is 172 Å². The standard InChI is InChI=1S/C20H19N5O2S2/c1-2-12-25-19(14-29(26,27)15-8-4-3-5-9-15)23-24-20(25)28-13-18-21-16-10-6-7-11-17(16)22-18/h2-11H,1,12-14H2,(H,21,22). The molecule has 4 aromatic rings. The quantitative estimate of drug-likeness (QED) is 0.342. The summed E-state index contributed by atoms with van der Waals surface area (Å²) in [6.07, 6.45) is 1.70. The summed E-state index contributed by atoms with van der Waals surface area (Å²) in [5, 5.41) is 8.97. The van der Waals surface area contributed by atoms with Crippen molar-refractivity contribution in [2.75, 3.05) is 0 Å². The molecule has 1 N–H and O–H groups in total. The Balaban J connectivity index is 1.55. The molecular weight excluding hydrogens is 406 g/mol. The number of fused-ring (bicyclic) bond motifs is 1. The summed E-state index contributed by atoms with van der Waals surface area (Å²) < 4.78 is 27.2. The lowest BCUT2D eigenvalue weighted by Gasteiger charge is -2.08. The van der Waals surface area contributed by atoms with Crippen molar-refractivity contribution in [3.8, 4) is 0 Å². The number of nitrogens with one attached hydrogen (secondary N) is 1. The summed E-state index contributed by atoms with van der Waals surface area (Å²) in [6.45, 7) is 4.19. The van der Waals surface area contributed by atoms with Gasteiger partial charge in [0.05, 0.1) is 21.7 Å². The van der Waals surface area contributed by atoms with Gasteiger partial charge in [-0.15, -0.1) is 16.8 Å². The number of hydrogen-bond acceptors (Lipinski definition) is 6. The Kier molecular flexibility index (Phi) is 5.50. The van der Waals surface area contributed by atoms with Crippen LogP contribution in [-0.2, 0) is 27.9 Å². The highest BCUT2D eigenvalue weighted by Gasteiger charge is 2.21. The molecule has 2 aromatic heterocycles. The van der Waals surface area contributed by atoms with E-state index in [1.54, 1.807) is 41.0 Å². The predicted molar refractivity (Wildman–Crippen MR) is 113 cm³/mol. The number of imidazole rings is 1. The SMILES string of the molecule is C=CCn1c(CS(=O)(=O)c2ccccc2)nnc1SCc1nc2ccccc2[nH]1. The summed E-state index contributed by atoms with van der Waals surface area (Å²) in [5.41, 5.74) is 1.88. The highest BCUT2D eigenvalue weighted by atomic mass is 32.2. The number of allylic oxidation sites excluding steroid dienone is 1. The second kappa shape index (κ2) is 8.22. The lowest BCUT2D eigenvalue weighted by Crippen LogP contribution is -2.11. The number of nitrogens with zero attached hydrogens (tertiary/aromatic N) is 4. The maximum atomic E-state index is 12.7. The molecule has 0 bridgehead atoms. The third-order valence-electron chi connectivity index (χ3n) is 4.30. The van der Waals surface area contributed by atoms with Crippen LogP contribution in [0.3, 0.4) is 0 Å². The van der Waals surface area contributed by atoms with Gasteiger partial charge in [-0.25, -0.2) is 13.4 Å². The fourth-order valence-corrected chi connectivity index (χ4v) is 5.06. The molecule has 0 aliphatic rings. The van der Waals surface area contributed by atoms with E-state index in [-0.39, 0.29) is 10.6 Å². The third kappa shape index (κ3) is 4.25. The molecular formula is C20H19N5O2S2. The molecule has 4 rings (SSSR count). The van der Waals surface area contributed by atoms with Crippen LogP contribution in [0.2, 0.25) is 0 Å². The van der Waals surface area contributed by atoms with Crippen LogP contribution in [0.15, 0.2) is 77.3 Å². The molecule has 0 saturated heterocycles. The van der Waals surface area contributed by atoms with E-state index in [1.807, 2.05) is 24.3 Å². The van der Waals surface area contributed by atoms with Crippen molar-refractivity contribution in [1.82, 2.24) is 24.7 Å². The number of H-pyrrole nitrogens is 1. The van der Waals surface area contributed by atoms with E-state index in [2.05, 4.69) is 26.7 Å². The number of aromatic nitrogens is 5. The monoisotopic (exact) mass is 425 g/mol. The average molecular weight is 426 g/mol. The molecule has 148 valence electrons. The molecule has 0 fully saturated rings. The minimum absolute atomic E-state index is 0.219. The first-order valence-electron chi connectivity index (χ1n) is 8.94. The highest BCUT2D eigenvalue weighted by molar-refractivity contribution is 7.98. The molecule has 0 aliphatic carbocycles. The van der Waals surface area contributed by atoms with E-state index in [0.29, 0.717) is 23.3 Å². The van der Waals surface area contributed by atoms with Crippen LogP contribution in [0.1, 0.15) is 11.6 Å². The molecule has 0 atom stereocenters. The lowest BCUT2D eigenvalue weighted by atomic mass is 10.3. The number of thioether (sulfide) groups is 1. The number of hydrogen-bond donors (Lipinski definition) is 1. The van der Waals surface area contributed by atoms with Gasteiger partial charge in [0.15, 0.2) is 15.0 Å². The van der Waals surface area contributed by atoms with Crippen LogP contribution >= 0.6 is 11.8 Å². The smallest absolute Gasteiger partial charge is 0.191 e. The van der Waals surface area contributed by atoms with Gasteiger partial charge in [-0.1, -0.05) is 48.2 Å². The Morgan fingerprint density at radius 3 is 2.59 bits per heavy atom. The van der Waals surface area contributed by atoms with E-state index in [1.165, 1.54) is 11.8 Å². The second-order valence-corrected chi connectivity index (χ2v) is 9.29. The van der Waals surface area contributed by atoms with Gasteiger partial charge in [0.1, 0.15) is 17.4 Å². The van der Waals surface area contributed by atoms with E-state index >= 15 is 0 Å². The summed E-state index contributed by atoms with van der Waals surface area (Å²) in [6, 6.07) is 16.2. The summed E-state index contributed by atoms with van der Waals surface area (Å²) in [4.78, 5) is 8.11. The van der Waals surface area contributed by atoms with Gasteiger partial charge >= 0.3 is 0 Å². The van der Waals surface area contributed by atoms with Crippen LogP contribution < -0.4 is 0 Å². The van der Waals surface area contributed by atoms with E-state index in [0.717, 1.165) is 16.9 Å². The van der Waals surface area contributed by atoms with Gasteiger partial charge in [0.25, 0.3) is 0 Å². The van der Waals surface area contributed by atoms with E-state index in [4.69, 9.17) is 0 Å². The largest absolute Gasteiger partial charge is 0.341 e. The van der Waals surface area contributed by atoms with Crippen LogP contribution in [0.4, 0.5) is 0 Å². The summed E-state index contributed by atoms with van der Waals surface area (Å²) in [7, 11) is -3.51. The van der Waals surface area contributed by atoms with Gasteiger partial charge in [0.2, 0.25) is 0 Å². The molecule has 9 heteroatoms. The van der Waals surface area contributed by atoms with Gasteiger partial charge in [-0.3, -0.25) is 0 Å². The lowest BCUT2D eigenvalue weighted by molar-refractivity contribution is 0.590. The van der Waals surface area contributed by atoms with Crippen LogP contribution in [0.5, 0.6) is 0 Å². The first-order valence-corrected chi connectivity index (χ1v) is 11.6. The molecule has 0 aliphatic heterocycles. The maximum absolute atomic E-state index is 12.7.